The van der Waals surface area contributed by atoms with Gasteiger partial charge in [-0.2, -0.15) is 0 Å². The summed E-state index contributed by atoms with van der Waals surface area (Å²) in [5.74, 6) is 0.719. The fourth-order valence-corrected chi connectivity index (χ4v) is 2.55. The highest BCUT2D eigenvalue weighted by Gasteiger charge is 2.17. The second-order valence-corrected chi connectivity index (χ2v) is 5.58. The molecule has 2 aromatic rings. The normalized spacial score (nSPS) is 14.4. The number of nitrogens with one attached hydrogen (secondary N) is 1. The fraction of sp³-hybridized carbons (Fsp3) is 0.267. The molecule has 110 valence electrons. The van der Waals surface area contributed by atoms with Crippen LogP contribution in [0.15, 0.2) is 39.4 Å². The van der Waals surface area contributed by atoms with Crippen molar-refractivity contribution in [1.29, 1.82) is 0 Å². The van der Waals surface area contributed by atoms with E-state index in [0.29, 0.717) is 11.3 Å². The third-order valence-corrected chi connectivity index (χ3v) is 3.78. The maximum absolute atomic E-state index is 11.8. The van der Waals surface area contributed by atoms with Crippen LogP contribution in [0, 0.1) is 0 Å². The number of benzene rings is 1. The van der Waals surface area contributed by atoms with Crippen LogP contribution in [0.4, 0.5) is 0 Å². The number of hydrogen-bond donors (Lipinski definition) is 2. The molecule has 5 nitrogen and oxygen atoms in total. The molecule has 2 N–H and O–H groups in total. The Labute approximate surface area is 130 Å². The van der Waals surface area contributed by atoms with Crippen LogP contribution >= 0.6 is 15.9 Å². The van der Waals surface area contributed by atoms with Crippen LogP contribution in [0.1, 0.15) is 27.8 Å². The zero-order valence-corrected chi connectivity index (χ0v) is 12.7. The average Bonchev–Trinajstić information content (AvgIpc) is 3.12. The molecular formula is C15H14BrNO4. The molecule has 1 unspecified atom stereocenters. The van der Waals surface area contributed by atoms with Crippen LogP contribution in [0.3, 0.4) is 0 Å². The number of ether oxygens (including phenoxy) is 1. The fourth-order valence-electron chi connectivity index (χ4n) is 2.24. The van der Waals surface area contributed by atoms with Crippen molar-refractivity contribution < 1.29 is 19.1 Å². The number of rotatable bonds is 4. The third kappa shape index (κ3) is 3.11. The standard InChI is InChI=1S/C15H14BrNO4/c16-14-4-3-13(21-14)15(19)17-8-11(18)9-1-2-12-10(7-9)5-6-20-12/h1-4,7,11,18H,5-6,8H2,(H,17,19). The summed E-state index contributed by atoms with van der Waals surface area (Å²) in [6.45, 7) is 0.801. The highest BCUT2D eigenvalue weighted by molar-refractivity contribution is 9.10. The molecule has 1 aliphatic heterocycles. The van der Waals surface area contributed by atoms with E-state index in [-0.39, 0.29) is 18.2 Å². The zero-order valence-electron chi connectivity index (χ0n) is 11.1. The Hall–Kier alpha value is -1.79. The first-order valence-electron chi connectivity index (χ1n) is 6.61. The van der Waals surface area contributed by atoms with E-state index in [4.69, 9.17) is 9.15 Å². The first kappa shape index (κ1) is 14.2. The van der Waals surface area contributed by atoms with Crippen LogP contribution in [-0.4, -0.2) is 24.2 Å². The molecule has 0 radical (unpaired) electrons. The number of hydrogen-bond acceptors (Lipinski definition) is 4. The van der Waals surface area contributed by atoms with Gasteiger partial charge < -0.3 is 19.6 Å². The summed E-state index contributed by atoms with van der Waals surface area (Å²) in [7, 11) is 0. The number of carbonyl (C=O) groups is 1. The van der Waals surface area contributed by atoms with E-state index in [1.165, 1.54) is 0 Å². The predicted octanol–water partition coefficient (Wildman–Crippen LogP) is 2.44. The topological polar surface area (TPSA) is 71.7 Å². The SMILES string of the molecule is O=C(NCC(O)c1ccc2c(c1)CCO2)c1ccc(Br)o1. The summed E-state index contributed by atoms with van der Waals surface area (Å²) in [6.07, 6.45) is 0.0844. The molecule has 2 heterocycles. The summed E-state index contributed by atoms with van der Waals surface area (Å²) in [6, 6.07) is 8.80. The molecule has 1 aromatic carbocycles. The number of halogens is 1. The number of aliphatic hydroxyl groups excluding tert-OH is 1. The third-order valence-electron chi connectivity index (χ3n) is 3.35. The van der Waals surface area contributed by atoms with Crippen molar-refractivity contribution in [3.05, 3.63) is 51.9 Å². The monoisotopic (exact) mass is 351 g/mol. The van der Waals surface area contributed by atoms with Gasteiger partial charge in [0.1, 0.15) is 5.75 Å². The van der Waals surface area contributed by atoms with Crippen molar-refractivity contribution in [3.63, 3.8) is 0 Å². The zero-order chi connectivity index (χ0) is 14.8. The van der Waals surface area contributed by atoms with Crippen molar-refractivity contribution in [2.75, 3.05) is 13.2 Å². The Morgan fingerprint density at radius 2 is 2.24 bits per heavy atom. The Balaban J connectivity index is 1.61. The van der Waals surface area contributed by atoms with E-state index < -0.39 is 6.10 Å². The number of furan rings is 1. The molecule has 1 aromatic heterocycles. The van der Waals surface area contributed by atoms with Gasteiger partial charge in [0.05, 0.1) is 12.7 Å². The highest BCUT2D eigenvalue weighted by atomic mass is 79.9. The molecule has 0 aliphatic carbocycles. The number of amides is 1. The van der Waals surface area contributed by atoms with Gasteiger partial charge >= 0.3 is 0 Å². The molecule has 1 aliphatic rings. The van der Waals surface area contributed by atoms with Crippen molar-refractivity contribution in [2.24, 2.45) is 0 Å². The molecule has 21 heavy (non-hydrogen) atoms. The second-order valence-electron chi connectivity index (χ2n) is 4.80. The number of carbonyl (C=O) groups excluding carboxylic acids is 1. The van der Waals surface area contributed by atoms with Crippen LogP contribution in [0.2, 0.25) is 0 Å². The van der Waals surface area contributed by atoms with Crippen LogP contribution in [0.5, 0.6) is 5.75 Å². The molecule has 0 bridgehead atoms. The lowest BCUT2D eigenvalue weighted by molar-refractivity contribution is 0.0887. The predicted molar refractivity (Wildman–Crippen MR) is 79.3 cm³/mol. The maximum Gasteiger partial charge on any atom is 0.287 e. The Bertz CT molecular complexity index is 667. The summed E-state index contributed by atoms with van der Waals surface area (Å²) >= 11 is 3.14. The van der Waals surface area contributed by atoms with Crippen molar-refractivity contribution in [1.82, 2.24) is 5.32 Å². The average molecular weight is 352 g/mol. The van der Waals surface area contributed by atoms with Gasteiger partial charge in [-0.3, -0.25) is 4.79 Å². The van der Waals surface area contributed by atoms with Crippen LogP contribution < -0.4 is 10.1 Å². The molecule has 1 amide bonds. The minimum Gasteiger partial charge on any atom is -0.493 e. The van der Waals surface area contributed by atoms with E-state index in [1.54, 1.807) is 12.1 Å². The van der Waals surface area contributed by atoms with Crippen LogP contribution in [-0.2, 0) is 6.42 Å². The minimum absolute atomic E-state index is 0.122. The molecule has 3 rings (SSSR count). The van der Waals surface area contributed by atoms with Crippen molar-refractivity contribution >= 4 is 21.8 Å². The van der Waals surface area contributed by atoms with Gasteiger partial charge in [0.15, 0.2) is 10.4 Å². The minimum atomic E-state index is -0.766. The Morgan fingerprint density at radius 3 is 3.00 bits per heavy atom. The molecule has 0 saturated carbocycles. The van der Waals surface area contributed by atoms with Crippen molar-refractivity contribution in [3.8, 4) is 5.75 Å². The largest absolute Gasteiger partial charge is 0.493 e. The summed E-state index contributed by atoms with van der Waals surface area (Å²) in [5, 5.41) is 12.8. The first-order valence-corrected chi connectivity index (χ1v) is 7.40. The van der Waals surface area contributed by atoms with Gasteiger partial charge in [-0.1, -0.05) is 6.07 Å². The van der Waals surface area contributed by atoms with Gasteiger partial charge in [-0.25, -0.2) is 0 Å². The van der Waals surface area contributed by atoms with Gasteiger partial charge in [0.25, 0.3) is 5.91 Å². The first-order chi connectivity index (χ1) is 10.1. The lowest BCUT2D eigenvalue weighted by Gasteiger charge is -2.12. The van der Waals surface area contributed by atoms with E-state index in [0.717, 1.165) is 23.3 Å². The maximum atomic E-state index is 11.8. The van der Waals surface area contributed by atoms with E-state index in [9.17, 15) is 9.90 Å². The van der Waals surface area contributed by atoms with E-state index in [1.807, 2.05) is 18.2 Å². The summed E-state index contributed by atoms with van der Waals surface area (Å²) < 4.78 is 11.1. The smallest absolute Gasteiger partial charge is 0.287 e. The molecule has 0 spiro atoms. The van der Waals surface area contributed by atoms with E-state index >= 15 is 0 Å². The molecule has 6 heteroatoms. The quantitative estimate of drug-likeness (QED) is 0.887. The molecule has 0 fully saturated rings. The van der Waals surface area contributed by atoms with Gasteiger partial charge in [0.2, 0.25) is 0 Å². The second kappa shape index (κ2) is 5.91. The summed E-state index contributed by atoms with van der Waals surface area (Å²) in [4.78, 5) is 11.8. The summed E-state index contributed by atoms with van der Waals surface area (Å²) in [5.41, 5.74) is 1.85. The molecular weight excluding hydrogens is 338 g/mol. The van der Waals surface area contributed by atoms with E-state index in [2.05, 4.69) is 21.2 Å². The molecule has 1 atom stereocenters. The lowest BCUT2D eigenvalue weighted by Crippen LogP contribution is -2.28. The van der Waals surface area contributed by atoms with Gasteiger partial charge in [-0.05, 0) is 51.3 Å². The Morgan fingerprint density at radius 1 is 1.38 bits per heavy atom. The highest BCUT2D eigenvalue weighted by Crippen LogP contribution is 2.28. The Kier molecular flexibility index (Phi) is 3.98. The lowest BCUT2D eigenvalue weighted by atomic mass is 10.0. The van der Waals surface area contributed by atoms with Crippen LogP contribution in [0.25, 0.3) is 0 Å². The van der Waals surface area contributed by atoms with Gasteiger partial charge in [0, 0.05) is 13.0 Å². The number of fused-ring (bicyclic) bond motifs is 1. The number of aliphatic hydroxyl groups is 1. The van der Waals surface area contributed by atoms with Gasteiger partial charge in [-0.15, -0.1) is 0 Å². The van der Waals surface area contributed by atoms with Crippen molar-refractivity contribution in [2.45, 2.75) is 12.5 Å². The molecule has 0 saturated heterocycles.